The van der Waals surface area contributed by atoms with E-state index in [1.807, 2.05) is 35.2 Å². The lowest BCUT2D eigenvalue weighted by Gasteiger charge is -2.37. The van der Waals surface area contributed by atoms with Crippen molar-refractivity contribution in [2.75, 3.05) is 38.1 Å². The molecule has 0 aromatic heterocycles. The van der Waals surface area contributed by atoms with Crippen LogP contribution in [-0.2, 0) is 24.3 Å². The van der Waals surface area contributed by atoms with Gasteiger partial charge in [0.2, 0.25) is 21.8 Å². The fourth-order valence-electron chi connectivity index (χ4n) is 4.38. The second kappa shape index (κ2) is 10.0. The predicted molar refractivity (Wildman–Crippen MR) is 124 cm³/mol. The zero-order valence-corrected chi connectivity index (χ0v) is 19.5. The average Bonchev–Trinajstić information content (AvgIpc) is 2.84. The number of benzene rings is 2. The molecule has 0 bridgehead atoms. The van der Waals surface area contributed by atoms with E-state index in [2.05, 4.69) is 5.32 Å². The van der Waals surface area contributed by atoms with Crippen molar-refractivity contribution in [3.63, 3.8) is 0 Å². The molecule has 2 amide bonds. The highest BCUT2D eigenvalue weighted by Gasteiger charge is 2.35. The van der Waals surface area contributed by atoms with E-state index in [1.165, 1.54) is 23.4 Å². The summed E-state index contributed by atoms with van der Waals surface area (Å²) in [6, 6.07) is 16.0. The quantitative estimate of drug-likeness (QED) is 0.723. The number of nitrogens with zero attached hydrogens (tertiary/aromatic N) is 2. The molecular formula is C24H29N3O5S. The van der Waals surface area contributed by atoms with Gasteiger partial charge in [-0.25, -0.2) is 8.42 Å². The molecule has 0 aliphatic carbocycles. The van der Waals surface area contributed by atoms with Crippen LogP contribution < -0.4 is 5.32 Å². The minimum Gasteiger partial charge on any atom is -0.370 e. The van der Waals surface area contributed by atoms with E-state index < -0.39 is 10.0 Å². The molecule has 2 aromatic rings. The zero-order chi connectivity index (χ0) is 23.4. The molecule has 2 aromatic carbocycles. The Morgan fingerprint density at radius 3 is 2.27 bits per heavy atom. The maximum absolute atomic E-state index is 13.1. The first kappa shape index (κ1) is 23.4. The van der Waals surface area contributed by atoms with Crippen molar-refractivity contribution in [2.45, 2.75) is 30.8 Å². The Balaban J connectivity index is 1.35. The second-order valence-electron chi connectivity index (χ2n) is 8.44. The maximum Gasteiger partial charge on any atom is 0.243 e. The summed E-state index contributed by atoms with van der Waals surface area (Å²) >= 11 is 0. The van der Waals surface area contributed by atoms with E-state index in [1.54, 1.807) is 12.1 Å². The van der Waals surface area contributed by atoms with Gasteiger partial charge in [-0.05, 0) is 42.7 Å². The lowest BCUT2D eigenvalue weighted by Crippen LogP contribution is -2.48. The Bertz CT molecular complexity index is 1080. The number of rotatable bonds is 5. The first-order valence-electron chi connectivity index (χ1n) is 11.2. The Hall–Kier alpha value is -2.75. The molecule has 2 heterocycles. The van der Waals surface area contributed by atoms with Gasteiger partial charge in [0.25, 0.3) is 0 Å². The van der Waals surface area contributed by atoms with Gasteiger partial charge in [0, 0.05) is 38.2 Å². The van der Waals surface area contributed by atoms with Crippen molar-refractivity contribution in [1.29, 1.82) is 0 Å². The number of amides is 2. The van der Waals surface area contributed by atoms with Crippen LogP contribution in [0.15, 0.2) is 59.5 Å². The molecule has 4 rings (SSSR count). The number of carbonyl (C=O) groups is 2. The van der Waals surface area contributed by atoms with E-state index in [-0.39, 0.29) is 28.7 Å². The van der Waals surface area contributed by atoms with Crippen LogP contribution in [-0.4, -0.2) is 62.2 Å². The number of hydrogen-bond donors (Lipinski definition) is 1. The van der Waals surface area contributed by atoms with E-state index >= 15 is 0 Å². The molecule has 0 saturated carbocycles. The summed E-state index contributed by atoms with van der Waals surface area (Å²) in [5.41, 5.74) is 1.60. The predicted octanol–water partition coefficient (Wildman–Crippen LogP) is 2.65. The van der Waals surface area contributed by atoms with Gasteiger partial charge in [0.1, 0.15) is 6.10 Å². The van der Waals surface area contributed by atoms with Crippen LogP contribution >= 0.6 is 0 Å². The molecule has 176 valence electrons. The van der Waals surface area contributed by atoms with Gasteiger partial charge in [0.15, 0.2) is 0 Å². The third kappa shape index (κ3) is 5.43. The monoisotopic (exact) mass is 471 g/mol. The number of sulfonamides is 1. The fourth-order valence-corrected chi connectivity index (χ4v) is 5.85. The lowest BCUT2D eigenvalue weighted by molar-refractivity contribution is -0.144. The summed E-state index contributed by atoms with van der Waals surface area (Å²) in [5.74, 6) is -0.322. The van der Waals surface area contributed by atoms with Gasteiger partial charge >= 0.3 is 0 Å². The largest absolute Gasteiger partial charge is 0.370 e. The van der Waals surface area contributed by atoms with Crippen LogP contribution in [0.25, 0.3) is 0 Å². The van der Waals surface area contributed by atoms with E-state index in [9.17, 15) is 18.0 Å². The first-order valence-corrected chi connectivity index (χ1v) is 12.6. The molecular weight excluding hydrogens is 442 g/mol. The number of morpholine rings is 1. The Labute approximate surface area is 194 Å². The van der Waals surface area contributed by atoms with Crippen molar-refractivity contribution >= 4 is 27.5 Å². The Morgan fingerprint density at radius 2 is 1.64 bits per heavy atom. The molecule has 0 radical (unpaired) electrons. The fraction of sp³-hybridized carbons (Fsp3) is 0.417. The van der Waals surface area contributed by atoms with E-state index in [0.717, 1.165) is 5.56 Å². The molecule has 2 saturated heterocycles. The Morgan fingerprint density at radius 1 is 0.970 bits per heavy atom. The van der Waals surface area contributed by atoms with Crippen LogP contribution in [0.3, 0.4) is 0 Å². The van der Waals surface area contributed by atoms with Crippen LogP contribution in [0.4, 0.5) is 5.69 Å². The average molecular weight is 472 g/mol. The molecule has 0 spiro atoms. The summed E-state index contributed by atoms with van der Waals surface area (Å²) in [7, 11) is -3.65. The maximum atomic E-state index is 13.1. The molecule has 9 heteroatoms. The van der Waals surface area contributed by atoms with Crippen LogP contribution in [0, 0.1) is 5.92 Å². The Kier molecular flexibility index (Phi) is 7.11. The molecule has 2 aliphatic rings. The molecule has 1 N–H and O–H groups in total. The van der Waals surface area contributed by atoms with Gasteiger partial charge < -0.3 is 15.0 Å². The molecule has 33 heavy (non-hydrogen) atoms. The highest BCUT2D eigenvalue weighted by atomic mass is 32.2. The van der Waals surface area contributed by atoms with Crippen molar-refractivity contribution < 1.29 is 22.7 Å². The van der Waals surface area contributed by atoms with Crippen LogP contribution in [0.2, 0.25) is 0 Å². The number of nitrogens with one attached hydrogen (secondary N) is 1. The molecule has 8 nitrogen and oxygen atoms in total. The SMILES string of the molecule is CC(=O)Nc1ccc(S(=O)(=O)N2CCC(C(=O)N3CCO[C@H](c4ccccc4)C3)CC2)cc1. The first-order chi connectivity index (χ1) is 15.8. The number of piperidine rings is 1. The standard InChI is InChI=1S/C24H29N3O5S/c1-18(28)25-21-7-9-22(10-8-21)33(30,31)27-13-11-20(12-14-27)24(29)26-15-16-32-23(17-26)19-5-3-2-4-6-19/h2-10,20,23H,11-17H2,1H3,(H,25,28)/t23-/m0/s1. The normalized spacial score (nSPS) is 20.4. The summed E-state index contributed by atoms with van der Waals surface area (Å²) in [4.78, 5) is 26.3. The summed E-state index contributed by atoms with van der Waals surface area (Å²) < 4.78 is 33.4. The topological polar surface area (TPSA) is 96.0 Å². The lowest BCUT2D eigenvalue weighted by atomic mass is 9.96. The van der Waals surface area contributed by atoms with Gasteiger partial charge in [-0.3, -0.25) is 9.59 Å². The number of hydrogen-bond acceptors (Lipinski definition) is 5. The highest BCUT2D eigenvalue weighted by Crippen LogP contribution is 2.28. The van der Waals surface area contributed by atoms with E-state index in [4.69, 9.17) is 4.74 Å². The summed E-state index contributed by atoms with van der Waals surface area (Å²) in [6.07, 6.45) is 0.856. The molecule has 2 aliphatic heterocycles. The minimum absolute atomic E-state index is 0.0796. The van der Waals surface area contributed by atoms with E-state index in [0.29, 0.717) is 51.3 Å². The highest BCUT2D eigenvalue weighted by molar-refractivity contribution is 7.89. The van der Waals surface area contributed by atoms with Gasteiger partial charge in [-0.2, -0.15) is 4.31 Å². The summed E-state index contributed by atoms with van der Waals surface area (Å²) in [6.45, 7) is 3.57. The third-order valence-electron chi connectivity index (χ3n) is 6.17. The second-order valence-corrected chi connectivity index (χ2v) is 10.4. The van der Waals surface area contributed by atoms with Gasteiger partial charge in [0.05, 0.1) is 18.0 Å². The smallest absolute Gasteiger partial charge is 0.243 e. The number of ether oxygens (including phenoxy) is 1. The number of anilines is 1. The van der Waals surface area contributed by atoms with Crippen molar-refractivity contribution in [3.05, 3.63) is 60.2 Å². The number of carbonyl (C=O) groups excluding carboxylic acids is 2. The summed E-state index contributed by atoms with van der Waals surface area (Å²) in [5, 5.41) is 2.63. The van der Waals surface area contributed by atoms with Crippen molar-refractivity contribution in [3.8, 4) is 0 Å². The van der Waals surface area contributed by atoms with Gasteiger partial charge in [-0.15, -0.1) is 0 Å². The molecule has 0 unspecified atom stereocenters. The van der Waals surface area contributed by atoms with Crippen molar-refractivity contribution in [1.82, 2.24) is 9.21 Å². The zero-order valence-electron chi connectivity index (χ0n) is 18.6. The minimum atomic E-state index is -3.65. The van der Waals surface area contributed by atoms with Crippen LogP contribution in [0.5, 0.6) is 0 Å². The van der Waals surface area contributed by atoms with Crippen LogP contribution in [0.1, 0.15) is 31.4 Å². The third-order valence-corrected chi connectivity index (χ3v) is 8.08. The van der Waals surface area contributed by atoms with Gasteiger partial charge in [-0.1, -0.05) is 30.3 Å². The van der Waals surface area contributed by atoms with Crippen molar-refractivity contribution in [2.24, 2.45) is 5.92 Å². The molecule has 1 atom stereocenters. The molecule has 2 fully saturated rings.